The fraction of sp³-hybridized carbons (Fsp3) is 0.450. The number of hydrogen-bond donors (Lipinski definition) is 2. The average Bonchev–Trinajstić information content (AvgIpc) is 2.97. The molecule has 0 saturated heterocycles. The van der Waals surface area contributed by atoms with Gasteiger partial charge in [-0.2, -0.15) is 0 Å². The van der Waals surface area contributed by atoms with Gasteiger partial charge in [-0.15, -0.1) is 0 Å². The number of carboxylic acids is 1. The van der Waals surface area contributed by atoms with Crippen molar-refractivity contribution in [1.29, 1.82) is 0 Å². The number of aromatic amines is 1. The second-order valence-electron chi connectivity index (χ2n) is 6.38. The van der Waals surface area contributed by atoms with Crippen molar-refractivity contribution in [3.05, 3.63) is 46.5 Å². The van der Waals surface area contributed by atoms with Crippen molar-refractivity contribution in [1.82, 2.24) is 4.98 Å². The Morgan fingerprint density at radius 3 is 2.44 bits per heavy atom. The van der Waals surface area contributed by atoms with E-state index in [1.54, 1.807) is 6.07 Å². The highest BCUT2D eigenvalue weighted by atomic mass is 35.5. The Morgan fingerprint density at radius 2 is 1.80 bits per heavy atom. The quantitative estimate of drug-likeness (QED) is 0.474. The molecule has 0 aliphatic rings. The first-order chi connectivity index (χ1) is 12.0. The van der Waals surface area contributed by atoms with Crippen LogP contribution in [0.25, 0.3) is 11.1 Å². The first-order valence-electron chi connectivity index (χ1n) is 8.93. The lowest BCUT2D eigenvalue weighted by molar-refractivity contribution is 0.0686. The second kappa shape index (κ2) is 9.62. The van der Waals surface area contributed by atoms with Crippen molar-refractivity contribution in [3.63, 3.8) is 0 Å². The molecule has 0 aliphatic carbocycles. The molecule has 0 bridgehead atoms. The maximum Gasteiger partial charge on any atom is 0.355 e. The number of nitrogens with one attached hydrogen (secondary N) is 1. The van der Waals surface area contributed by atoms with Gasteiger partial charge in [-0.3, -0.25) is 0 Å². The third-order valence-electron chi connectivity index (χ3n) is 4.42. The Hall–Kier alpha value is -1.81. The second-order valence-corrected chi connectivity index (χ2v) is 6.79. The standard InChI is InChI=1S/C20H25ClFNO2/c1-2-3-4-5-6-7-8-9-14-10-11-17(21)15(12-14)16-13-23-19(18(16)22)20(24)25/h10-13,23H,2-9H2,1H3,(H,24,25). The number of carboxylic acid groups (broad SMARTS) is 1. The van der Waals surface area contributed by atoms with Crippen LogP contribution in [0, 0.1) is 5.82 Å². The van der Waals surface area contributed by atoms with Crippen LogP contribution in [0.4, 0.5) is 4.39 Å². The van der Waals surface area contributed by atoms with E-state index in [0.29, 0.717) is 10.6 Å². The molecule has 1 aromatic heterocycles. The SMILES string of the molecule is CCCCCCCCCc1ccc(Cl)c(-c2c[nH]c(C(=O)O)c2F)c1. The Morgan fingerprint density at radius 1 is 1.12 bits per heavy atom. The minimum atomic E-state index is -1.32. The lowest BCUT2D eigenvalue weighted by Gasteiger charge is -2.07. The van der Waals surface area contributed by atoms with Crippen molar-refractivity contribution < 1.29 is 14.3 Å². The monoisotopic (exact) mass is 365 g/mol. The van der Waals surface area contributed by atoms with Gasteiger partial charge in [-0.05, 0) is 30.5 Å². The van der Waals surface area contributed by atoms with Crippen molar-refractivity contribution in [3.8, 4) is 11.1 Å². The maximum absolute atomic E-state index is 14.3. The van der Waals surface area contributed by atoms with Crippen LogP contribution in [-0.4, -0.2) is 16.1 Å². The van der Waals surface area contributed by atoms with Crippen LogP contribution in [0.3, 0.4) is 0 Å². The third-order valence-corrected chi connectivity index (χ3v) is 4.75. The molecule has 1 aromatic carbocycles. The molecule has 2 N–H and O–H groups in total. The number of aryl methyl sites for hydroxylation is 1. The Kier molecular flexibility index (Phi) is 7.51. The molecule has 0 fully saturated rings. The van der Waals surface area contributed by atoms with Gasteiger partial charge in [-0.1, -0.05) is 63.1 Å². The van der Waals surface area contributed by atoms with E-state index in [9.17, 15) is 9.18 Å². The predicted molar refractivity (Wildman–Crippen MR) is 99.9 cm³/mol. The van der Waals surface area contributed by atoms with E-state index in [0.717, 1.165) is 18.4 Å². The fourth-order valence-corrected chi connectivity index (χ4v) is 3.20. The van der Waals surface area contributed by atoms with Crippen LogP contribution in [0.5, 0.6) is 0 Å². The smallest absolute Gasteiger partial charge is 0.355 e. The zero-order valence-corrected chi connectivity index (χ0v) is 15.3. The number of hydrogen-bond acceptors (Lipinski definition) is 1. The summed E-state index contributed by atoms with van der Waals surface area (Å²) in [6.45, 7) is 2.21. The number of carbonyl (C=O) groups is 1. The minimum absolute atomic E-state index is 0.198. The van der Waals surface area contributed by atoms with Gasteiger partial charge < -0.3 is 10.1 Å². The number of benzene rings is 1. The van der Waals surface area contributed by atoms with E-state index in [1.807, 2.05) is 12.1 Å². The molecule has 5 heteroatoms. The molecule has 136 valence electrons. The van der Waals surface area contributed by atoms with Crippen molar-refractivity contribution in [2.45, 2.75) is 58.3 Å². The molecule has 1 heterocycles. The summed E-state index contributed by atoms with van der Waals surface area (Å²) in [4.78, 5) is 13.4. The summed E-state index contributed by atoms with van der Waals surface area (Å²) >= 11 is 6.20. The van der Waals surface area contributed by atoms with Crippen LogP contribution < -0.4 is 0 Å². The van der Waals surface area contributed by atoms with E-state index >= 15 is 0 Å². The first-order valence-corrected chi connectivity index (χ1v) is 9.31. The van der Waals surface area contributed by atoms with Gasteiger partial charge in [0.15, 0.2) is 11.5 Å². The highest BCUT2D eigenvalue weighted by Gasteiger charge is 2.19. The van der Waals surface area contributed by atoms with E-state index in [-0.39, 0.29) is 5.56 Å². The molecule has 0 saturated carbocycles. The van der Waals surface area contributed by atoms with Crippen molar-refractivity contribution >= 4 is 17.6 Å². The molecule has 0 unspecified atom stereocenters. The molecule has 3 nitrogen and oxygen atoms in total. The fourth-order valence-electron chi connectivity index (χ4n) is 2.98. The van der Waals surface area contributed by atoms with Gasteiger partial charge in [0, 0.05) is 22.3 Å². The molecule has 0 amide bonds. The number of unbranched alkanes of at least 4 members (excludes halogenated alkanes) is 6. The Bertz CT molecular complexity index is 712. The summed E-state index contributed by atoms with van der Waals surface area (Å²) in [7, 11) is 0. The molecule has 0 atom stereocenters. The molecule has 0 radical (unpaired) electrons. The number of rotatable bonds is 10. The van der Waals surface area contributed by atoms with Crippen LogP contribution in [0.1, 0.15) is 67.9 Å². The van der Waals surface area contributed by atoms with Crippen molar-refractivity contribution in [2.75, 3.05) is 0 Å². The molecule has 2 aromatic rings. The minimum Gasteiger partial charge on any atom is -0.476 e. The molecule has 2 rings (SSSR count). The summed E-state index contributed by atoms with van der Waals surface area (Å²) in [5.74, 6) is -2.10. The average molecular weight is 366 g/mol. The summed E-state index contributed by atoms with van der Waals surface area (Å²) in [5.41, 5.74) is 1.38. The normalized spacial score (nSPS) is 11.0. The summed E-state index contributed by atoms with van der Waals surface area (Å²) < 4.78 is 14.3. The topological polar surface area (TPSA) is 53.1 Å². The van der Waals surface area contributed by atoms with Crippen LogP contribution in [-0.2, 0) is 6.42 Å². The lowest BCUT2D eigenvalue weighted by Crippen LogP contribution is -1.99. The number of H-pyrrole nitrogens is 1. The maximum atomic E-state index is 14.3. The predicted octanol–water partition coefficient (Wildman–Crippen LogP) is 6.47. The van der Waals surface area contributed by atoms with Crippen LogP contribution in [0.15, 0.2) is 24.4 Å². The molecule has 0 aliphatic heterocycles. The summed E-state index contributed by atoms with van der Waals surface area (Å²) in [6, 6.07) is 5.56. The van der Waals surface area contributed by atoms with Gasteiger partial charge in [0.05, 0.1) is 0 Å². The van der Waals surface area contributed by atoms with Gasteiger partial charge >= 0.3 is 5.97 Å². The number of aromatic carboxylic acids is 1. The number of aromatic nitrogens is 1. The summed E-state index contributed by atoms with van der Waals surface area (Å²) in [5, 5.41) is 9.38. The largest absolute Gasteiger partial charge is 0.476 e. The third kappa shape index (κ3) is 5.33. The molecule has 25 heavy (non-hydrogen) atoms. The highest BCUT2D eigenvalue weighted by Crippen LogP contribution is 2.32. The van der Waals surface area contributed by atoms with E-state index in [2.05, 4.69) is 11.9 Å². The zero-order chi connectivity index (χ0) is 18.2. The Balaban J connectivity index is 2.00. The molecular weight excluding hydrogens is 341 g/mol. The van der Waals surface area contributed by atoms with Crippen LogP contribution in [0.2, 0.25) is 5.02 Å². The van der Waals surface area contributed by atoms with Gasteiger partial charge in [-0.25, -0.2) is 9.18 Å². The van der Waals surface area contributed by atoms with E-state index in [4.69, 9.17) is 16.7 Å². The zero-order valence-electron chi connectivity index (χ0n) is 14.6. The van der Waals surface area contributed by atoms with E-state index < -0.39 is 17.5 Å². The Labute approximate surface area is 153 Å². The van der Waals surface area contributed by atoms with Gasteiger partial charge in [0.2, 0.25) is 0 Å². The van der Waals surface area contributed by atoms with Crippen LogP contribution >= 0.6 is 11.6 Å². The van der Waals surface area contributed by atoms with Gasteiger partial charge in [0.1, 0.15) is 0 Å². The van der Waals surface area contributed by atoms with Crippen molar-refractivity contribution in [2.24, 2.45) is 0 Å². The first kappa shape index (κ1) is 19.5. The van der Waals surface area contributed by atoms with Gasteiger partial charge in [0.25, 0.3) is 0 Å². The molecular formula is C20H25ClFNO2. The molecule has 0 spiro atoms. The summed E-state index contributed by atoms with van der Waals surface area (Å²) in [6.07, 6.45) is 10.9. The number of halogens is 2. The lowest BCUT2D eigenvalue weighted by atomic mass is 10.0. The highest BCUT2D eigenvalue weighted by molar-refractivity contribution is 6.33. The van der Waals surface area contributed by atoms with E-state index in [1.165, 1.54) is 44.7 Å².